The number of carbonyl (C=O) groups is 1. The summed E-state index contributed by atoms with van der Waals surface area (Å²) in [4.78, 5) is 13.6. The number of hydrogen-bond donors (Lipinski definition) is 1. The van der Waals surface area contributed by atoms with Crippen LogP contribution < -0.4 is 10.1 Å². The van der Waals surface area contributed by atoms with Crippen LogP contribution in [0.5, 0.6) is 5.75 Å². The lowest BCUT2D eigenvalue weighted by atomic mass is 10.2. The molecule has 1 amide bonds. The molecule has 29 heavy (non-hydrogen) atoms. The number of amides is 1. The molecular formula is C22H25N3O3S. The van der Waals surface area contributed by atoms with Crippen molar-refractivity contribution in [3.8, 4) is 17.2 Å². The molecule has 0 aliphatic carbocycles. The number of thioether (sulfide) groups is 1. The van der Waals surface area contributed by atoms with E-state index in [2.05, 4.69) is 36.3 Å². The largest absolute Gasteiger partial charge is 0.494 e. The Labute approximate surface area is 175 Å². The number of anilines is 1. The smallest absolute Gasteiger partial charge is 0.322 e. The van der Waals surface area contributed by atoms with Gasteiger partial charge < -0.3 is 9.15 Å². The predicted molar refractivity (Wildman–Crippen MR) is 116 cm³/mol. The molecule has 3 aromatic rings. The van der Waals surface area contributed by atoms with Gasteiger partial charge in [-0.2, -0.15) is 0 Å². The second-order valence-electron chi connectivity index (χ2n) is 6.79. The first kappa shape index (κ1) is 20.9. The number of carbonyl (C=O) groups excluding carboxylic acids is 1. The van der Waals surface area contributed by atoms with Crippen molar-refractivity contribution >= 4 is 23.7 Å². The van der Waals surface area contributed by atoms with Gasteiger partial charge in [-0.25, -0.2) is 0 Å². The first-order valence-electron chi connectivity index (χ1n) is 9.70. The summed E-state index contributed by atoms with van der Waals surface area (Å²) in [5.41, 5.74) is 1.31. The zero-order chi connectivity index (χ0) is 20.6. The molecule has 0 atom stereocenters. The molecule has 6 nitrogen and oxygen atoms in total. The van der Waals surface area contributed by atoms with Crippen molar-refractivity contribution < 1.29 is 13.9 Å². The Morgan fingerprint density at radius 2 is 1.97 bits per heavy atom. The van der Waals surface area contributed by atoms with Gasteiger partial charge in [0.05, 0.1) is 6.61 Å². The van der Waals surface area contributed by atoms with Crippen molar-refractivity contribution in [3.05, 3.63) is 54.1 Å². The maximum Gasteiger partial charge on any atom is 0.322 e. The number of nitrogens with zero attached hydrogens (tertiary/aromatic N) is 2. The number of hydrogen-bond acceptors (Lipinski definition) is 6. The van der Waals surface area contributed by atoms with Crippen LogP contribution in [0.1, 0.15) is 44.0 Å². The van der Waals surface area contributed by atoms with Gasteiger partial charge in [-0.1, -0.05) is 38.4 Å². The summed E-state index contributed by atoms with van der Waals surface area (Å²) in [7, 11) is 0. The molecule has 0 aliphatic heterocycles. The van der Waals surface area contributed by atoms with Gasteiger partial charge in [-0.15, -0.1) is 16.9 Å². The van der Waals surface area contributed by atoms with Gasteiger partial charge in [0, 0.05) is 21.3 Å². The van der Waals surface area contributed by atoms with Crippen LogP contribution in [0, 0.1) is 0 Å². The van der Waals surface area contributed by atoms with Crippen molar-refractivity contribution in [2.45, 2.75) is 43.8 Å². The van der Waals surface area contributed by atoms with Gasteiger partial charge in [-0.3, -0.25) is 10.1 Å². The Morgan fingerprint density at radius 1 is 1.17 bits per heavy atom. The third-order valence-electron chi connectivity index (χ3n) is 3.98. The van der Waals surface area contributed by atoms with E-state index in [4.69, 9.17) is 9.15 Å². The van der Waals surface area contributed by atoms with Gasteiger partial charge in [-0.05, 0) is 48.9 Å². The molecule has 1 aromatic heterocycles. The second-order valence-corrected chi connectivity index (χ2v) is 8.44. The topological polar surface area (TPSA) is 77.2 Å². The van der Waals surface area contributed by atoms with E-state index >= 15 is 0 Å². The molecule has 152 valence electrons. The van der Waals surface area contributed by atoms with Crippen LogP contribution in [0.4, 0.5) is 6.01 Å². The highest BCUT2D eigenvalue weighted by molar-refractivity contribution is 7.99. The summed E-state index contributed by atoms with van der Waals surface area (Å²) in [5.74, 6) is 0.796. The minimum absolute atomic E-state index is 0.0650. The monoisotopic (exact) mass is 411 g/mol. The van der Waals surface area contributed by atoms with Crippen LogP contribution in [0.25, 0.3) is 11.5 Å². The molecule has 3 rings (SSSR count). The fraction of sp³-hybridized carbons (Fsp3) is 0.318. The van der Waals surface area contributed by atoms with Gasteiger partial charge in [0.2, 0.25) is 5.89 Å². The van der Waals surface area contributed by atoms with Gasteiger partial charge in [0.25, 0.3) is 5.91 Å². The molecule has 1 N–H and O–H groups in total. The van der Waals surface area contributed by atoms with Gasteiger partial charge >= 0.3 is 6.01 Å². The van der Waals surface area contributed by atoms with E-state index in [1.54, 1.807) is 36.0 Å². The first-order valence-corrected chi connectivity index (χ1v) is 10.6. The van der Waals surface area contributed by atoms with Crippen LogP contribution in [-0.2, 0) is 0 Å². The Hall–Kier alpha value is -2.80. The summed E-state index contributed by atoms with van der Waals surface area (Å²) in [5, 5.41) is 11.1. The molecule has 2 aromatic carbocycles. The quantitative estimate of drug-likeness (QED) is 0.361. The predicted octanol–water partition coefficient (Wildman–Crippen LogP) is 5.67. The normalized spacial score (nSPS) is 10.9. The van der Waals surface area contributed by atoms with E-state index < -0.39 is 0 Å². The third-order valence-corrected chi connectivity index (χ3v) is 4.98. The number of nitrogens with one attached hydrogen (secondary N) is 1. The van der Waals surface area contributed by atoms with Crippen molar-refractivity contribution in [2.24, 2.45) is 0 Å². The molecule has 0 saturated carbocycles. The van der Waals surface area contributed by atoms with Gasteiger partial charge in [0.1, 0.15) is 5.75 Å². The van der Waals surface area contributed by atoms with Crippen molar-refractivity contribution in [2.75, 3.05) is 11.9 Å². The average Bonchev–Trinajstić information content (AvgIpc) is 3.17. The third kappa shape index (κ3) is 6.09. The Balaban J connectivity index is 1.63. The fourth-order valence-electron chi connectivity index (χ4n) is 2.57. The highest BCUT2D eigenvalue weighted by Crippen LogP contribution is 2.28. The molecule has 0 radical (unpaired) electrons. The number of aromatic nitrogens is 2. The highest BCUT2D eigenvalue weighted by Gasteiger charge is 2.13. The lowest BCUT2D eigenvalue weighted by Crippen LogP contribution is -2.12. The Morgan fingerprint density at radius 3 is 2.69 bits per heavy atom. The zero-order valence-electron chi connectivity index (χ0n) is 16.8. The molecule has 0 unspecified atom stereocenters. The molecular weight excluding hydrogens is 386 g/mol. The summed E-state index contributed by atoms with van der Waals surface area (Å²) in [6.45, 7) is 7.06. The molecule has 7 heteroatoms. The molecule has 0 spiro atoms. The van der Waals surface area contributed by atoms with E-state index in [0.29, 0.717) is 23.3 Å². The Bertz CT molecular complexity index is 938. The van der Waals surface area contributed by atoms with Crippen molar-refractivity contribution in [1.29, 1.82) is 0 Å². The minimum atomic E-state index is -0.315. The summed E-state index contributed by atoms with van der Waals surface area (Å²) in [6, 6.07) is 14.9. The standard InChI is InChI=1S/C22H25N3O3S/c1-4-5-13-27-18-11-9-16(10-12-18)20(26)23-22-25-24-21(28-22)17-7-6-8-19(14-17)29-15(2)3/h6-12,14-15H,4-5,13H2,1-3H3,(H,23,25,26). The van der Waals surface area contributed by atoms with Crippen LogP contribution in [0.15, 0.2) is 57.8 Å². The number of unbranched alkanes of at least 4 members (excludes halogenated alkanes) is 1. The van der Waals surface area contributed by atoms with Crippen molar-refractivity contribution in [1.82, 2.24) is 10.2 Å². The summed E-state index contributed by atoms with van der Waals surface area (Å²) < 4.78 is 11.2. The van der Waals surface area contributed by atoms with E-state index in [0.717, 1.165) is 29.1 Å². The van der Waals surface area contributed by atoms with Gasteiger partial charge in [0.15, 0.2) is 0 Å². The minimum Gasteiger partial charge on any atom is -0.494 e. The summed E-state index contributed by atoms with van der Waals surface area (Å²) >= 11 is 1.76. The van der Waals surface area contributed by atoms with Crippen LogP contribution in [-0.4, -0.2) is 28.0 Å². The fourth-order valence-corrected chi connectivity index (χ4v) is 3.47. The second kappa shape index (κ2) is 10.1. The van der Waals surface area contributed by atoms with E-state index in [-0.39, 0.29) is 11.9 Å². The Kier molecular flexibility index (Phi) is 7.30. The summed E-state index contributed by atoms with van der Waals surface area (Å²) in [6.07, 6.45) is 2.08. The lowest BCUT2D eigenvalue weighted by molar-refractivity contribution is 0.102. The maximum atomic E-state index is 12.4. The zero-order valence-corrected chi connectivity index (χ0v) is 17.7. The number of rotatable bonds is 9. The molecule has 0 bridgehead atoms. The van der Waals surface area contributed by atoms with Crippen molar-refractivity contribution in [3.63, 3.8) is 0 Å². The van der Waals surface area contributed by atoms with E-state index in [1.807, 2.05) is 24.3 Å². The van der Waals surface area contributed by atoms with E-state index in [1.165, 1.54) is 0 Å². The lowest BCUT2D eigenvalue weighted by Gasteiger charge is -2.06. The van der Waals surface area contributed by atoms with Crippen LogP contribution in [0.2, 0.25) is 0 Å². The molecule has 1 heterocycles. The molecule has 0 aliphatic rings. The SMILES string of the molecule is CCCCOc1ccc(C(=O)Nc2nnc(-c3cccc(SC(C)C)c3)o2)cc1. The number of benzene rings is 2. The van der Waals surface area contributed by atoms with E-state index in [9.17, 15) is 4.79 Å². The molecule has 0 fully saturated rings. The molecule has 0 saturated heterocycles. The van der Waals surface area contributed by atoms with Crippen LogP contribution in [0.3, 0.4) is 0 Å². The maximum absolute atomic E-state index is 12.4. The first-order chi connectivity index (χ1) is 14.0. The number of ether oxygens (including phenoxy) is 1. The average molecular weight is 412 g/mol. The highest BCUT2D eigenvalue weighted by atomic mass is 32.2. The van der Waals surface area contributed by atoms with Crippen LogP contribution >= 0.6 is 11.8 Å².